The normalized spacial score (nSPS) is 18.2. The molecule has 2 aromatic rings. The Kier molecular flexibility index (Phi) is 5.36. The van der Waals surface area contributed by atoms with E-state index in [2.05, 4.69) is 5.32 Å². The Morgan fingerprint density at radius 1 is 1.17 bits per heavy atom. The molecule has 30 heavy (non-hydrogen) atoms. The monoisotopic (exact) mass is 430 g/mol. The molecule has 0 spiro atoms. The summed E-state index contributed by atoms with van der Waals surface area (Å²) in [5.41, 5.74) is 1.62. The second-order valence-corrected chi connectivity index (χ2v) is 10.0. The van der Waals surface area contributed by atoms with E-state index in [1.807, 2.05) is 6.92 Å². The van der Waals surface area contributed by atoms with Crippen LogP contribution >= 0.6 is 0 Å². The fourth-order valence-electron chi connectivity index (χ4n) is 3.78. The van der Waals surface area contributed by atoms with Crippen molar-refractivity contribution in [3.63, 3.8) is 0 Å². The molecule has 8 heteroatoms. The number of hydrogen-bond acceptors (Lipinski definition) is 4. The maximum atomic E-state index is 13.6. The fourth-order valence-corrected chi connectivity index (χ4v) is 5.07. The summed E-state index contributed by atoms with van der Waals surface area (Å²) in [6.45, 7) is 1.96. The van der Waals surface area contributed by atoms with Gasteiger partial charge >= 0.3 is 0 Å². The summed E-state index contributed by atoms with van der Waals surface area (Å²) in [7, 11) is -3.70. The zero-order valence-corrected chi connectivity index (χ0v) is 17.4. The van der Waals surface area contributed by atoms with Crippen molar-refractivity contribution in [2.45, 2.75) is 43.5 Å². The number of carbonyl (C=O) groups excluding carboxylic acids is 2. The van der Waals surface area contributed by atoms with Crippen LogP contribution in [0.4, 0.5) is 15.8 Å². The first-order valence-corrected chi connectivity index (χ1v) is 11.6. The van der Waals surface area contributed by atoms with Gasteiger partial charge < -0.3 is 10.2 Å². The van der Waals surface area contributed by atoms with Gasteiger partial charge in [-0.05, 0) is 62.1 Å². The summed E-state index contributed by atoms with van der Waals surface area (Å²) >= 11 is 0. The van der Waals surface area contributed by atoms with Crippen molar-refractivity contribution in [2.75, 3.05) is 16.0 Å². The highest BCUT2D eigenvalue weighted by atomic mass is 32.2. The Labute approximate surface area is 175 Å². The molecule has 4 rings (SSSR count). The standard InChI is InChI=1S/C22H23FN2O4S/c1-14-12-16-13-17(8-9-20(16)25(14)22(27)15-6-7-15)30(28,29)11-10-21(26)24-19-5-3-2-4-18(19)23/h2-5,8-9,13-15H,6-7,10-12H2,1H3,(H,24,26)/t14-/m1/s1. The molecule has 2 aromatic carbocycles. The van der Waals surface area contributed by atoms with E-state index in [4.69, 9.17) is 0 Å². The molecule has 2 amide bonds. The van der Waals surface area contributed by atoms with Gasteiger partial charge in [-0.25, -0.2) is 12.8 Å². The van der Waals surface area contributed by atoms with E-state index in [9.17, 15) is 22.4 Å². The topological polar surface area (TPSA) is 83.6 Å². The van der Waals surface area contributed by atoms with Gasteiger partial charge in [0.2, 0.25) is 11.8 Å². The predicted octanol–water partition coefficient (Wildman–Crippen LogP) is 3.32. The Morgan fingerprint density at radius 3 is 2.60 bits per heavy atom. The molecule has 1 N–H and O–H groups in total. The number of halogens is 1. The van der Waals surface area contributed by atoms with Crippen molar-refractivity contribution in [1.29, 1.82) is 0 Å². The largest absolute Gasteiger partial charge is 0.324 e. The molecule has 1 atom stereocenters. The first-order valence-electron chi connectivity index (χ1n) is 9.99. The van der Waals surface area contributed by atoms with Crippen molar-refractivity contribution in [1.82, 2.24) is 0 Å². The minimum absolute atomic E-state index is 0.00222. The summed E-state index contributed by atoms with van der Waals surface area (Å²) in [6, 6.07) is 10.5. The highest BCUT2D eigenvalue weighted by Gasteiger charge is 2.39. The van der Waals surface area contributed by atoms with Crippen LogP contribution in [0.5, 0.6) is 0 Å². The van der Waals surface area contributed by atoms with Crippen LogP contribution in [-0.4, -0.2) is 32.0 Å². The van der Waals surface area contributed by atoms with E-state index in [-0.39, 0.29) is 40.6 Å². The molecule has 1 heterocycles. The molecule has 1 fully saturated rings. The number of para-hydroxylation sites is 1. The van der Waals surface area contributed by atoms with Gasteiger partial charge in [-0.1, -0.05) is 12.1 Å². The first kappa shape index (κ1) is 20.5. The summed E-state index contributed by atoms with van der Waals surface area (Å²) in [5, 5.41) is 2.39. The number of nitrogens with one attached hydrogen (secondary N) is 1. The molecule has 0 bridgehead atoms. The molecule has 1 aliphatic heterocycles. The molecule has 6 nitrogen and oxygen atoms in total. The molecule has 2 aliphatic rings. The third-order valence-corrected chi connectivity index (χ3v) is 7.25. The molecule has 0 aromatic heterocycles. The van der Waals surface area contributed by atoms with Crippen molar-refractivity contribution in [2.24, 2.45) is 5.92 Å². The number of carbonyl (C=O) groups is 2. The Hall–Kier alpha value is -2.74. The van der Waals surface area contributed by atoms with Gasteiger partial charge in [0.1, 0.15) is 5.82 Å². The van der Waals surface area contributed by atoms with Crippen LogP contribution in [0.2, 0.25) is 0 Å². The number of anilines is 2. The Morgan fingerprint density at radius 2 is 1.90 bits per heavy atom. The molecular weight excluding hydrogens is 407 g/mol. The van der Waals surface area contributed by atoms with Crippen molar-refractivity contribution in [3.05, 3.63) is 53.8 Å². The highest BCUT2D eigenvalue weighted by molar-refractivity contribution is 7.91. The summed E-state index contributed by atoms with van der Waals surface area (Å²) in [4.78, 5) is 26.5. The van der Waals surface area contributed by atoms with Gasteiger partial charge in [-0.2, -0.15) is 0 Å². The lowest BCUT2D eigenvalue weighted by Gasteiger charge is -2.22. The third-order valence-electron chi connectivity index (χ3n) is 5.54. The number of hydrogen-bond donors (Lipinski definition) is 1. The van der Waals surface area contributed by atoms with Crippen molar-refractivity contribution >= 4 is 33.0 Å². The molecule has 1 aliphatic carbocycles. The number of rotatable bonds is 6. The number of benzene rings is 2. The van der Waals surface area contributed by atoms with E-state index in [0.717, 1.165) is 24.1 Å². The zero-order valence-electron chi connectivity index (χ0n) is 16.6. The van der Waals surface area contributed by atoms with E-state index in [1.54, 1.807) is 23.1 Å². The highest BCUT2D eigenvalue weighted by Crippen LogP contribution is 2.39. The first-order chi connectivity index (χ1) is 14.3. The number of amides is 2. The Bertz CT molecular complexity index is 1110. The van der Waals surface area contributed by atoms with Gasteiger partial charge in [0.25, 0.3) is 0 Å². The van der Waals surface area contributed by atoms with Crippen LogP contribution in [0.25, 0.3) is 0 Å². The molecule has 1 saturated carbocycles. The lowest BCUT2D eigenvalue weighted by molar-refractivity contribution is -0.120. The van der Waals surface area contributed by atoms with Crippen LogP contribution in [0.1, 0.15) is 31.7 Å². The number of sulfone groups is 1. The number of fused-ring (bicyclic) bond motifs is 1. The fraction of sp³-hybridized carbons (Fsp3) is 0.364. The van der Waals surface area contributed by atoms with Crippen molar-refractivity contribution < 1.29 is 22.4 Å². The SMILES string of the molecule is C[C@@H]1Cc2cc(S(=O)(=O)CCC(=O)Nc3ccccc3F)ccc2N1C(=O)C1CC1. The van der Waals surface area contributed by atoms with E-state index >= 15 is 0 Å². The van der Waals surface area contributed by atoms with Gasteiger partial charge in [0.15, 0.2) is 9.84 Å². The molecule has 0 saturated heterocycles. The second kappa shape index (κ2) is 7.83. The van der Waals surface area contributed by atoms with Gasteiger partial charge in [-0.15, -0.1) is 0 Å². The zero-order chi connectivity index (χ0) is 21.5. The second-order valence-electron chi connectivity index (χ2n) is 7.92. The minimum Gasteiger partial charge on any atom is -0.324 e. The summed E-state index contributed by atoms with van der Waals surface area (Å²) in [5.74, 6) is -1.32. The van der Waals surface area contributed by atoms with Gasteiger partial charge in [0, 0.05) is 24.1 Å². The maximum absolute atomic E-state index is 13.6. The number of nitrogens with zero attached hydrogens (tertiary/aromatic N) is 1. The van der Waals surface area contributed by atoms with Crippen molar-refractivity contribution in [3.8, 4) is 0 Å². The lowest BCUT2D eigenvalue weighted by atomic mass is 10.1. The van der Waals surface area contributed by atoms with E-state index in [0.29, 0.717) is 6.42 Å². The molecule has 158 valence electrons. The van der Waals surface area contributed by atoms with Crippen LogP contribution in [0, 0.1) is 11.7 Å². The van der Waals surface area contributed by atoms with Crippen LogP contribution in [0.3, 0.4) is 0 Å². The predicted molar refractivity (Wildman–Crippen MR) is 112 cm³/mol. The van der Waals surface area contributed by atoms with Crippen LogP contribution in [-0.2, 0) is 25.8 Å². The molecule has 0 radical (unpaired) electrons. The Balaban J connectivity index is 1.45. The van der Waals surface area contributed by atoms with E-state index < -0.39 is 21.6 Å². The van der Waals surface area contributed by atoms with Gasteiger partial charge in [-0.3, -0.25) is 9.59 Å². The van der Waals surface area contributed by atoms with E-state index in [1.165, 1.54) is 24.3 Å². The summed E-state index contributed by atoms with van der Waals surface area (Å²) < 4.78 is 39.1. The average molecular weight is 431 g/mol. The molecule has 0 unspecified atom stereocenters. The van der Waals surface area contributed by atoms with Gasteiger partial charge in [0.05, 0.1) is 16.3 Å². The smallest absolute Gasteiger partial charge is 0.230 e. The van der Waals surface area contributed by atoms with Crippen LogP contribution < -0.4 is 10.2 Å². The average Bonchev–Trinajstić information content (AvgIpc) is 3.50. The summed E-state index contributed by atoms with van der Waals surface area (Å²) in [6.07, 6.45) is 2.15. The lowest BCUT2D eigenvalue weighted by Crippen LogP contribution is -2.36. The minimum atomic E-state index is -3.70. The molecular formula is C22H23FN2O4S. The maximum Gasteiger partial charge on any atom is 0.230 e. The quantitative estimate of drug-likeness (QED) is 0.762. The van der Waals surface area contributed by atoms with Crippen LogP contribution in [0.15, 0.2) is 47.4 Å². The third kappa shape index (κ3) is 4.09.